The van der Waals surface area contributed by atoms with Crippen LogP contribution in [0.4, 0.5) is 0 Å². The molecule has 6 nitrogen and oxygen atoms in total. The molecule has 0 N–H and O–H groups in total. The fourth-order valence-corrected chi connectivity index (χ4v) is 4.95. The molecule has 3 amide bonds. The first-order chi connectivity index (χ1) is 16.3. The van der Waals surface area contributed by atoms with Crippen molar-refractivity contribution in [3.05, 3.63) is 81.9 Å². The fourth-order valence-electron chi connectivity index (χ4n) is 4.40. The Morgan fingerprint density at radius 3 is 2.09 bits per heavy atom. The molecule has 9 heteroatoms. The van der Waals surface area contributed by atoms with Crippen LogP contribution in [0, 0.1) is 11.8 Å². The van der Waals surface area contributed by atoms with E-state index in [1.165, 1.54) is 24.3 Å². The van der Waals surface area contributed by atoms with Gasteiger partial charge in [-0.05, 0) is 55.7 Å². The summed E-state index contributed by atoms with van der Waals surface area (Å²) in [5, 5.41) is 2.39. The quantitative estimate of drug-likeness (QED) is 0.219. The minimum Gasteiger partial charge on any atom is -0.292 e. The van der Waals surface area contributed by atoms with E-state index in [1.807, 2.05) is 12.2 Å². The first kappa shape index (κ1) is 24.5. The highest BCUT2D eigenvalue weighted by Crippen LogP contribution is 2.37. The topological polar surface area (TPSA) is 74.8 Å². The zero-order chi connectivity index (χ0) is 24.4. The van der Waals surface area contributed by atoms with E-state index in [2.05, 4.69) is 0 Å². The van der Waals surface area contributed by atoms with E-state index in [4.69, 9.17) is 34.8 Å². The number of amides is 3. The zero-order valence-corrected chi connectivity index (χ0v) is 20.3. The Kier molecular flexibility index (Phi) is 7.41. The van der Waals surface area contributed by atoms with Gasteiger partial charge in [0.15, 0.2) is 5.78 Å². The number of alkyl halides is 1. The fraction of sp³-hybridized carbons (Fsp3) is 0.280. The number of carbonyl (C=O) groups excluding carboxylic acids is 4. The molecule has 1 aliphatic carbocycles. The highest BCUT2D eigenvalue weighted by Gasteiger charge is 2.53. The molecule has 34 heavy (non-hydrogen) atoms. The molecule has 2 aromatic rings. The lowest BCUT2D eigenvalue weighted by atomic mass is 9.85. The highest BCUT2D eigenvalue weighted by molar-refractivity contribution is 6.34. The van der Waals surface area contributed by atoms with Crippen molar-refractivity contribution in [3.63, 3.8) is 0 Å². The lowest BCUT2D eigenvalue weighted by molar-refractivity contribution is -0.156. The third kappa shape index (κ3) is 4.50. The van der Waals surface area contributed by atoms with E-state index >= 15 is 0 Å². The summed E-state index contributed by atoms with van der Waals surface area (Å²) in [6.07, 6.45) is 4.51. The molecule has 1 heterocycles. The van der Waals surface area contributed by atoms with E-state index < -0.39 is 41.4 Å². The Hall–Kier alpha value is -2.67. The molecule has 0 radical (unpaired) electrons. The second kappa shape index (κ2) is 10.3. The van der Waals surface area contributed by atoms with Crippen LogP contribution < -0.4 is 0 Å². The molecule has 1 fully saturated rings. The summed E-state index contributed by atoms with van der Waals surface area (Å²) in [5.41, 5.74) is 0.343. The molecular formula is C25H21Cl3N2O4. The van der Waals surface area contributed by atoms with E-state index in [9.17, 15) is 19.2 Å². The lowest BCUT2D eigenvalue weighted by Crippen LogP contribution is -2.57. The van der Waals surface area contributed by atoms with Crippen LogP contribution in [-0.4, -0.2) is 45.4 Å². The minimum absolute atomic E-state index is 0.0148. The van der Waals surface area contributed by atoms with Gasteiger partial charge < -0.3 is 0 Å². The van der Waals surface area contributed by atoms with Gasteiger partial charge in [0.25, 0.3) is 17.7 Å². The molecule has 0 aromatic heterocycles. The molecule has 0 saturated carbocycles. The first-order valence-electron chi connectivity index (χ1n) is 10.8. The van der Waals surface area contributed by atoms with Gasteiger partial charge in [-0.1, -0.05) is 47.5 Å². The number of fused-ring (bicyclic) bond motifs is 1. The van der Waals surface area contributed by atoms with E-state index in [1.54, 1.807) is 24.3 Å². The summed E-state index contributed by atoms with van der Waals surface area (Å²) in [7, 11) is 0. The van der Waals surface area contributed by atoms with Crippen molar-refractivity contribution in [1.29, 1.82) is 0 Å². The molecule has 176 valence electrons. The monoisotopic (exact) mass is 518 g/mol. The van der Waals surface area contributed by atoms with Crippen LogP contribution in [0.1, 0.15) is 40.0 Å². The van der Waals surface area contributed by atoms with E-state index in [0.29, 0.717) is 17.9 Å². The van der Waals surface area contributed by atoms with E-state index in [-0.39, 0.29) is 28.5 Å². The summed E-state index contributed by atoms with van der Waals surface area (Å²) >= 11 is 18.3. The number of carbonyl (C=O) groups is 4. The van der Waals surface area contributed by atoms with Gasteiger partial charge in [0.1, 0.15) is 6.04 Å². The van der Waals surface area contributed by atoms with E-state index in [0.717, 1.165) is 10.0 Å². The molecule has 0 bridgehead atoms. The van der Waals surface area contributed by atoms with Crippen LogP contribution in [0.3, 0.4) is 0 Å². The number of halogens is 3. The Balaban J connectivity index is 1.82. The molecule has 2 aromatic carbocycles. The van der Waals surface area contributed by atoms with Crippen molar-refractivity contribution < 1.29 is 19.2 Å². The molecule has 4 rings (SSSR count). The van der Waals surface area contributed by atoms with Crippen molar-refractivity contribution >= 4 is 58.3 Å². The van der Waals surface area contributed by atoms with Gasteiger partial charge in [0, 0.05) is 16.5 Å². The van der Waals surface area contributed by atoms with Crippen LogP contribution >= 0.6 is 34.8 Å². The Bertz CT molecular complexity index is 1140. The Morgan fingerprint density at radius 2 is 1.53 bits per heavy atom. The predicted octanol–water partition coefficient (Wildman–Crippen LogP) is 5.18. The molecule has 0 spiro atoms. The number of benzene rings is 2. The summed E-state index contributed by atoms with van der Waals surface area (Å²) < 4.78 is 0. The number of hydrogen-bond acceptors (Lipinski definition) is 4. The average molecular weight is 520 g/mol. The summed E-state index contributed by atoms with van der Waals surface area (Å²) in [6, 6.07) is 11.3. The summed E-state index contributed by atoms with van der Waals surface area (Å²) in [5.74, 6) is -3.36. The van der Waals surface area contributed by atoms with Gasteiger partial charge in [0.05, 0.1) is 22.4 Å². The van der Waals surface area contributed by atoms with Crippen LogP contribution in [0.15, 0.2) is 60.7 Å². The normalized spacial score (nSPS) is 20.3. The first-order valence-corrected chi connectivity index (χ1v) is 12.1. The second-order valence-corrected chi connectivity index (χ2v) is 9.36. The van der Waals surface area contributed by atoms with Crippen LogP contribution in [0.2, 0.25) is 10.0 Å². The maximum atomic E-state index is 13.8. The Labute approximate surface area is 212 Å². The average Bonchev–Trinajstić information content (AvgIpc) is 3.09. The van der Waals surface area contributed by atoms with Crippen molar-refractivity contribution in [2.45, 2.75) is 25.3 Å². The molecule has 2 aliphatic rings. The van der Waals surface area contributed by atoms with Crippen molar-refractivity contribution in [2.24, 2.45) is 11.8 Å². The van der Waals surface area contributed by atoms with Crippen molar-refractivity contribution in [1.82, 2.24) is 10.0 Å². The van der Waals surface area contributed by atoms with Gasteiger partial charge in [-0.3, -0.25) is 19.2 Å². The second-order valence-electron chi connectivity index (χ2n) is 8.14. The number of rotatable bonds is 7. The maximum absolute atomic E-state index is 13.8. The van der Waals surface area contributed by atoms with Crippen LogP contribution in [0.25, 0.3) is 0 Å². The van der Waals surface area contributed by atoms with Gasteiger partial charge in [0.2, 0.25) is 0 Å². The van der Waals surface area contributed by atoms with Crippen LogP contribution in [-0.2, 0) is 9.59 Å². The molecule has 0 unspecified atom stereocenters. The summed E-state index contributed by atoms with van der Waals surface area (Å²) in [4.78, 5) is 54.2. The lowest BCUT2D eigenvalue weighted by Gasteiger charge is -2.36. The third-order valence-electron chi connectivity index (χ3n) is 6.12. The van der Waals surface area contributed by atoms with Gasteiger partial charge in [-0.25, -0.2) is 5.01 Å². The van der Waals surface area contributed by atoms with Gasteiger partial charge in [-0.2, -0.15) is 5.01 Å². The molecule has 3 atom stereocenters. The van der Waals surface area contributed by atoms with Crippen LogP contribution in [0.5, 0.6) is 0 Å². The van der Waals surface area contributed by atoms with Gasteiger partial charge >= 0.3 is 0 Å². The predicted molar refractivity (Wildman–Crippen MR) is 130 cm³/mol. The third-order valence-corrected chi connectivity index (χ3v) is 6.92. The molecule has 1 saturated heterocycles. The number of Topliss-reactive ketones (excluding diaryl/α,β-unsaturated/α-hetero) is 1. The Morgan fingerprint density at radius 1 is 0.941 bits per heavy atom. The largest absolute Gasteiger partial charge is 0.292 e. The number of hydrogen-bond donors (Lipinski definition) is 0. The SMILES string of the molecule is O=C(c1ccc(Cl)cc1)[C@H](CCCl)N(C(=O)c1ccccc1Cl)N1C(=O)[C@H]2CC=CC[C@@H]2C1=O. The summed E-state index contributed by atoms with van der Waals surface area (Å²) in [6.45, 7) is 0. The number of allylic oxidation sites excluding steroid dienone is 2. The molecular weight excluding hydrogens is 499 g/mol. The zero-order valence-electron chi connectivity index (χ0n) is 18.0. The smallest absolute Gasteiger partial charge is 0.275 e. The number of hydrazine groups is 1. The van der Waals surface area contributed by atoms with Gasteiger partial charge in [-0.15, -0.1) is 11.6 Å². The number of imide groups is 1. The maximum Gasteiger partial charge on any atom is 0.275 e. The minimum atomic E-state index is -1.21. The highest BCUT2D eigenvalue weighted by atomic mass is 35.5. The standard InChI is InChI=1S/C25H21Cl3N2O4/c26-14-13-21(22(31)15-9-11-16(27)12-10-15)29(25(34)19-7-3-4-8-20(19)28)30-23(32)17-5-1-2-6-18(17)24(30)33/h1-4,7-12,17-18,21H,5-6,13-14H2/t17-,18-,21-/m0/s1. The number of ketones is 1. The molecule has 1 aliphatic heterocycles. The van der Waals surface area contributed by atoms with Crippen molar-refractivity contribution in [2.75, 3.05) is 5.88 Å². The van der Waals surface area contributed by atoms with Crippen molar-refractivity contribution in [3.8, 4) is 0 Å². The number of nitrogens with zero attached hydrogens (tertiary/aromatic N) is 2.